The third kappa shape index (κ3) is 5.54. The van der Waals surface area contributed by atoms with Crippen LogP contribution in [0.2, 0.25) is 0 Å². The Labute approximate surface area is 272 Å². The first-order valence-corrected chi connectivity index (χ1v) is 17.6. The second kappa shape index (κ2) is 11.7. The molecule has 236 valence electrons. The van der Waals surface area contributed by atoms with E-state index in [4.69, 9.17) is 9.47 Å². The van der Waals surface area contributed by atoms with Crippen molar-refractivity contribution >= 4 is 5.76 Å². The standard InChI is InChI=1S/C43H52O2/c1-7-35-19-21-39-37-20-18-34-26-43(25-24-41(3,4)28-45-43)23-22-36(34)40(37)38(27-42(35,39)5)33-16-12-31(13-17-33)9-8-30-10-14-32(15-11-30)29(2)44-6/h7,10-17,34-35,37-39H,1-2,18-28H2,3-6H3. The van der Waals surface area contributed by atoms with Crippen molar-refractivity contribution in [3.63, 3.8) is 0 Å². The molecule has 1 heterocycles. The number of hydrogen-bond acceptors (Lipinski definition) is 2. The molecule has 2 heteroatoms. The molecule has 0 bridgehead atoms. The molecule has 0 N–H and O–H groups in total. The zero-order chi connectivity index (χ0) is 31.4. The van der Waals surface area contributed by atoms with E-state index in [9.17, 15) is 0 Å². The number of rotatable bonds is 4. The number of hydrogen-bond donors (Lipinski definition) is 0. The Morgan fingerprint density at radius 3 is 2.24 bits per heavy atom. The smallest absolute Gasteiger partial charge is 0.118 e. The number of methoxy groups -OCH3 is 1. The van der Waals surface area contributed by atoms with Crippen LogP contribution in [0.5, 0.6) is 0 Å². The zero-order valence-corrected chi connectivity index (χ0v) is 28.1. The van der Waals surface area contributed by atoms with Gasteiger partial charge in [-0.15, -0.1) is 6.58 Å². The van der Waals surface area contributed by atoms with Gasteiger partial charge in [-0.1, -0.05) is 80.7 Å². The van der Waals surface area contributed by atoms with Crippen molar-refractivity contribution in [1.82, 2.24) is 0 Å². The van der Waals surface area contributed by atoms with Gasteiger partial charge < -0.3 is 9.47 Å². The highest BCUT2D eigenvalue weighted by atomic mass is 16.5. The average Bonchev–Trinajstić information content (AvgIpc) is 3.40. The molecule has 4 fully saturated rings. The minimum atomic E-state index is 0.120. The summed E-state index contributed by atoms with van der Waals surface area (Å²) in [7, 11) is 1.65. The van der Waals surface area contributed by atoms with Gasteiger partial charge in [0.15, 0.2) is 0 Å². The summed E-state index contributed by atoms with van der Waals surface area (Å²) >= 11 is 0. The molecular formula is C43H52O2. The van der Waals surface area contributed by atoms with E-state index in [2.05, 4.69) is 76.1 Å². The van der Waals surface area contributed by atoms with Gasteiger partial charge >= 0.3 is 0 Å². The van der Waals surface area contributed by atoms with E-state index in [0.717, 1.165) is 35.1 Å². The zero-order valence-electron chi connectivity index (χ0n) is 28.1. The Kier molecular flexibility index (Phi) is 7.93. The van der Waals surface area contributed by atoms with Crippen LogP contribution in [-0.4, -0.2) is 19.3 Å². The molecule has 1 spiro atoms. The third-order valence-corrected chi connectivity index (χ3v) is 13.0. The van der Waals surface area contributed by atoms with E-state index in [-0.39, 0.29) is 5.60 Å². The van der Waals surface area contributed by atoms with Crippen molar-refractivity contribution in [2.45, 2.75) is 96.5 Å². The highest BCUT2D eigenvalue weighted by molar-refractivity contribution is 5.58. The summed E-state index contributed by atoms with van der Waals surface area (Å²) in [5.74, 6) is 10.8. The molecule has 5 aliphatic rings. The van der Waals surface area contributed by atoms with Gasteiger partial charge in [0.1, 0.15) is 5.76 Å². The van der Waals surface area contributed by atoms with Crippen molar-refractivity contribution in [3.8, 4) is 11.8 Å². The van der Waals surface area contributed by atoms with Crippen molar-refractivity contribution in [3.05, 3.63) is 101 Å². The molecule has 4 aliphatic carbocycles. The van der Waals surface area contributed by atoms with E-state index in [0.29, 0.717) is 34.3 Å². The van der Waals surface area contributed by atoms with E-state index >= 15 is 0 Å². The third-order valence-electron chi connectivity index (χ3n) is 13.0. The van der Waals surface area contributed by atoms with Crippen molar-refractivity contribution in [2.24, 2.45) is 34.5 Å². The first-order chi connectivity index (χ1) is 21.6. The lowest BCUT2D eigenvalue weighted by Gasteiger charge is -2.56. The minimum absolute atomic E-state index is 0.120. The van der Waals surface area contributed by atoms with Gasteiger partial charge in [0.05, 0.1) is 19.3 Å². The van der Waals surface area contributed by atoms with Crippen LogP contribution in [0.4, 0.5) is 0 Å². The average molecular weight is 601 g/mol. The highest BCUT2D eigenvalue weighted by Gasteiger charge is 2.57. The lowest BCUT2D eigenvalue weighted by atomic mass is 9.50. The van der Waals surface area contributed by atoms with E-state index in [1.165, 1.54) is 69.8 Å². The van der Waals surface area contributed by atoms with Gasteiger partial charge in [-0.2, -0.15) is 0 Å². The summed E-state index contributed by atoms with van der Waals surface area (Å²) in [5, 5.41) is 0. The lowest BCUT2D eigenvalue weighted by molar-refractivity contribution is -0.144. The monoisotopic (exact) mass is 600 g/mol. The van der Waals surface area contributed by atoms with Crippen LogP contribution < -0.4 is 0 Å². The summed E-state index contributed by atoms with van der Waals surface area (Å²) < 4.78 is 12.0. The number of benzene rings is 2. The molecule has 7 rings (SSSR count). The Bertz CT molecular complexity index is 1530. The van der Waals surface area contributed by atoms with Crippen LogP contribution in [0.15, 0.2) is 78.9 Å². The molecule has 0 radical (unpaired) electrons. The predicted molar refractivity (Wildman–Crippen MR) is 186 cm³/mol. The number of allylic oxidation sites excluding steroid dienone is 3. The van der Waals surface area contributed by atoms with Crippen LogP contribution in [0.3, 0.4) is 0 Å². The Hall–Kier alpha value is -3.02. The second-order valence-electron chi connectivity index (χ2n) is 16.1. The summed E-state index contributed by atoms with van der Waals surface area (Å²) in [4.78, 5) is 0. The minimum Gasteiger partial charge on any atom is -0.497 e. The SMILES string of the molecule is C=CC1CCC2C3CCC4CC5(CCC4=C3C(c3ccc(C#Cc4ccc(C(=C)OC)cc4)cc3)CC12C)CCC(C)(C)CO5. The van der Waals surface area contributed by atoms with Crippen LogP contribution in [0, 0.1) is 46.3 Å². The van der Waals surface area contributed by atoms with E-state index in [1.807, 2.05) is 35.4 Å². The van der Waals surface area contributed by atoms with Crippen LogP contribution in [-0.2, 0) is 9.47 Å². The Morgan fingerprint density at radius 2 is 1.60 bits per heavy atom. The molecule has 3 saturated carbocycles. The molecule has 0 aromatic heterocycles. The largest absolute Gasteiger partial charge is 0.497 e. The lowest BCUT2D eigenvalue weighted by Crippen LogP contribution is -2.49. The van der Waals surface area contributed by atoms with Gasteiger partial charge in [0.2, 0.25) is 0 Å². The molecule has 7 unspecified atom stereocenters. The molecule has 2 aromatic rings. The van der Waals surface area contributed by atoms with E-state index < -0.39 is 0 Å². The van der Waals surface area contributed by atoms with Gasteiger partial charge in [-0.05, 0) is 129 Å². The summed E-state index contributed by atoms with van der Waals surface area (Å²) in [5.41, 5.74) is 9.01. The first kappa shape index (κ1) is 30.6. The molecule has 1 saturated heterocycles. The first-order valence-electron chi connectivity index (χ1n) is 17.6. The second-order valence-corrected chi connectivity index (χ2v) is 16.1. The quantitative estimate of drug-likeness (QED) is 0.197. The van der Waals surface area contributed by atoms with Gasteiger partial charge in [0, 0.05) is 22.6 Å². The molecule has 7 atom stereocenters. The molecule has 45 heavy (non-hydrogen) atoms. The summed E-state index contributed by atoms with van der Waals surface area (Å²) in [6.07, 6.45) is 15.1. The molecule has 0 amide bonds. The fraction of sp³-hybridized carbons (Fsp3) is 0.535. The Morgan fingerprint density at radius 1 is 0.889 bits per heavy atom. The van der Waals surface area contributed by atoms with Crippen LogP contribution in [0.25, 0.3) is 5.76 Å². The fourth-order valence-corrected chi connectivity index (χ4v) is 10.3. The number of ether oxygens (including phenoxy) is 2. The summed E-state index contributed by atoms with van der Waals surface area (Å²) in [6.45, 7) is 16.5. The number of fused-ring (bicyclic) bond motifs is 4. The maximum Gasteiger partial charge on any atom is 0.118 e. The topological polar surface area (TPSA) is 18.5 Å². The Balaban J connectivity index is 1.18. The molecule has 2 aromatic carbocycles. The van der Waals surface area contributed by atoms with Crippen molar-refractivity contribution < 1.29 is 9.47 Å². The normalized spacial score (nSPS) is 35.0. The van der Waals surface area contributed by atoms with Gasteiger partial charge in [-0.3, -0.25) is 0 Å². The fourth-order valence-electron chi connectivity index (χ4n) is 10.3. The van der Waals surface area contributed by atoms with Crippen LogP contribution in [0.1, 0.15) is 113 Å². The summed E-state index contributed by atoms with van der Waals surface area (Å²) in [6, 6.07) is 17.4. The molecule has 2 nitrogen and oxygen atoms in total. The van der Waals surface area contributed by atoms with Crippen molar-refractivity contribution in [1.29, 1.82) is 0 Å². The maximum absolute atomic E-state index is 6.77. The van der Waals surface area contributed by atoms with Crippen LogP contribution >= 0.6 is 0 Å². The molecule has 1 aliphatic heterocycles. The van der Waals surface area contributed by atoms with Gasteiger partial charge in [0.25, 0.3) is 0 Å². The van der Waals surface area contributed by atoms with E-state index in [1.54, 1.807) is 7.11 Å². The van der Waals surface area contributed by atoms with Gasteiger partial charge in [-0.25, -0.2) is 0 Å². The maximum atomic E-state index is 6.77. The van der Waals surface area contributed by atoms with Crippen molar-refractivity contribution in [2.75, 3.05) is 13.7 Å². The highest BCUT2D eigenvalue weighted by Crippen LogP contribution is 2.66. The predicted octanol–water partition coefficient (Wildman–Crippen LogP) is 10.5. The molecular weight excluding hydrogens is 548 g/mol.